The van der Waals surface area contributed by atoms with E-state index in [4.69, 9.17) is 16.6 Å². The molecule has 1 aromatic carbocycles. The van der Waals surface area contributed by atoms with Crippen LogP contribution in [0.5, 0.6) is 0 Å². The second-order valence-electron chi connectivity index (χ2n) is 7.69. The van der Waals surface area contributed by atoms with Crippen LogP contribution in [0.25, 0.3) is 16.7 Å². The molecule has 5 nitrogen and oxygen atoms in total. The molecule has 28 heavy (non-hydrogen) atoms. The molecule has 1 aliphatic heterocycles. The molecule has 2 heterocycles. The summed E-state index contributed by atoms with van der Waals surface area (Å²) >= 11 is 6.39. The van der Waals surface area contributed by atoms with Gasteiger partial charge < -0.3 is 10.2 Å². The van der Waals surface area contributed by atoms with E-state index in [1.807, 2.05) is 19.1 Å². The molecule has 1 saturated heterocycles. The van der Waals surface area contributed by atoms with Crippen molar-refractivity contribution in [2.24, 2.45) is 5.92 Å². The molecule has 0 unspecified atom stereocenters. The number of amides is 1. The van der Waals surface area contributed by atoms with Gasteiger partial charge in [-0.1, -0.05) is 31.0 Å². The third-order valence-electron chi connectivity index (χ3n) is 5.69. The smallest absolute Gasteiger partial charge is 0.223 e. The van der Waals surface area contributed by atoms with Crippen LogP contribution in [0.4, 0.5) is 5.95 Å². The maximum absolute atomic E-state index is 12.4. The Morgan fingerprint density at radius 3 is 2.71 bits per heavy atom. The number of carbonyl (C=O) groups is 1. The van der Waals surface area contributed by atoms with Crippen molar-refractivity contribution in [3.05, 3.63) is 40.9 Å². The monoisotopic (exact) mass is 398 g/mol. The second kappa shape index (κ2) is 8.00. The molecule has 2 aromatic rings. The van der Waals surface area contributed by atoms with Crippen molar-refractivity contribution in [3.8, 4) is 0 Å². The van der Waals surface area contributed by atoms with Crippen molar-refractivity contribution in [1.29, 1.82) is 0 Å². The summed E-state index contributed by atoms with van der Waals surface area (Å²) in [6, 6.07) is 4.05. The van der Waals surface area contributed by atoms with Crippen LogP contribution < -0.4 is 10.2 Å². The number of hydrogen-bond acceptors (Lipinski definition) is 3. The Hall–Kier alpha value is -2.27. The summed E-state index contributed by atoms with van der Waals surface area (Å²) in [6.07, 6.45) is 10.1. The first kappa shape index (κ1) is 19.1. The van der Waals surface area contributed by atoms with Crippen LogP contribution in [-0.2, 0) is 4.79 Å². The van der Waals surface area contributed by atoms with Gasteiger partial charge in [0.1, 0.15) is 0 Å². The van der Waals surface area contributed by atoms with Gasteiger partial charge in [-0.25, -0.2) is 4.98 Å². The first-order chi connectivity index (χ1) is 13.6. The standard InChI is InChI=1S/C22H27ClN4O/c1-3-4-10-24-21(28)16-8-11-26(12-9-16)22-25-19-13-15(2)18(23)14-20(19)27(22)17-6-5-7-17/h5-7,13-14,16H,3-4,8-12H2,1-2H3,(H,24,28). The summed E-state index contributed by atoms with van der Waals surface area (Å²) in [5.41, 5.74) is 4.14. The minimum atomic E-state index is 0.102. The lowest BCUT2D eigenvalue weighted by atomic mass is 9.96. The molecule has 4 rings (SSSR count). The number of aromatic nitrogens is 2. The van der Waals surface area contributed by atoms with Crippen LogP contribution in [0.3, 0.4) is 0 Å². The normalized spacial score (nSPS) is 17.0. The minimum Gasteiger partial charge on any atom is -0.356 e. The number of nitrogens with zero attached hydrogens (tertiary/aromatic N) is 3. The highest BCUT2D eigenvalue weighted by Crippen LogP contribution is 2.34. The maximum Gasteiger partial charge on any atom is 0.223 e. The van der Waals surface area contributed by atoms with Crippen LogP contribution in [0.1, 0.15) is 38.2 Å². The van der Waals surface area contributed by atoms with Gasteiger partial charge in [-0.15, -0.1) is 0 Å². The van der Waals surface area contributed by atoms with E-state index in [-0.39, 0.29) is 11.8 Å². The summed E-state index contributed by atoms with van der Waals surface area (Å²) in [7, 11) is 0. The number of fused-ring (bicyclic) bond motifs is 1. The molecule has 6 heteroatoms. The topological polar surface area (TPSA) is 50.2 Å². The zero-order valence-corrected chi connectivity index (χ0v) is 17.3. The number of imidazole rings is 1. The minimum absolute atomic E-state index is 0.102. The molecule has 1 aromatic heterocycles. The van der Waals surface area contributed by atoms with E-state index >= 15 is 0 Å². The Bertz CT molecular complexity index is 951. The molecular weight excluding hydrogens is 372 g/mol. The number of aryl methyl sites for hydroxylation is 1. The zero-order chi connectivity index (χ0) is 19.7. The SMILES string of the molecule is CCCCNC(=O)C1CCN(c2nc3cc(C)c(Cl)cc3n2C2=CC=C2)CC1. The van der Waals surface area contributed by atoms with Gasteiger partial charge in [-0.2, -0.15) is 0 Å². The Kier molecular flexibility index (Phi) is 5.44. The summed E-state index contributed by atoms with van der Waals surface area (Å²) in [6.45, 7) is 6.59. The number of unbranched alkanes of at least 4 members (excludes halogenated alkanes) is 1. The fraction of sp³-hybridized carbons (Fsp3) is 0.455. The third kappa shape index (κ3) is 3.55. The number of allylic oxidation sites excluding steroid dienone is 4. The van der Waals surface area contributed by atoms with Gasteiger partial charge in [-0.3, -0.25) is 9.36 Å². The van der Waals surface area contributed by atoms with Gasteiger partial charge >= 0.3 is 0 Å². The number of benzene rings is 1. The first-order valence-electron chi connectivity index (χ1n) is 10.2. The van der Waals surface area contributed by atoms with Crippen LogP contribution >= 0.6 is 11.6 Å². The van der Waals surface area contributed by atoms with Crippen molar-refractivity contribution in [3.63, 3.8) is 0 Å². The zero-order valence-electron chi connectivity index (χ0n) is 16.5. The lowest BCUT2D eigenvalue weighted by Gasteiger charge is -2.32. The molecule has 2 aliphatic rings. The lowest BCUT2D eigenvalue weighted by Crippen LogP contribution is -2.41. The number of halogens is 1. The van der Waals surface area contributed by atoms with Gasteiger partial charge in [0.05, 0.1) is 11.0 Å². The van der Waals surface area contributed by atoms with E-state index < -0.39 is 0 Å². The predicted octanol–water partition coefficient (Wildman–Crippen LogP) is 4.54. The fourth-order valence-corrected chi connectivity index (χ4v) is 4.02. The van der Waals surface area contributed by atoms with E-state index in [0.29, 0.717) is 0 Å². The molecule has 0 radical (unpaired) electrons. The van der Waals surface area contributed by atoms with Crippen molar-refractivity contribution < 1.29 is 4.79 Å². The van der Waals surface area contributed by atoms with Crippen LogP contribution in [0, 0.1) is 12.8 Å². The van der Waals surface area contributed by atoms with Crippen molar-refractivity contribution in [2.45, 2.75) is 39.5 Å². The number of anilines is 1. The van der Waals surface area contributed by atoms with E-state index in [9.17, 15) is 4.79 Å². The van der Waals surface area contributed by atoms with Crippen LogP contribution in [0.15, 0.2) is 30.4 Å². The number of piperidine rings is 1. The predicted molar refractivity (Wildman–Crippen MR) is 116 cm³/mol. The molecule has 1 fully saturated rings. The molecule has 0 bridgehead atoms. The van der Waals surface area contributed by atoms with E-state index in [2.05, 4.69) is 39.9 Å². The summed E-state index contributed by atoms with van der Waals surface area (Å²) in [4.78, 5) is 19.6. The Labute approximate surface area is 171 Å². The molecule has 1 N–H and O–H groups in total. The highest BCUT2D eigenvalue weighted by Gasteiger charge is 2.28. The van der Waals surface area contributed by atoms with Crippen molar-refractivity contribution in [1.82, 2.24) is 14.9 Å². The van der Waals surface area contributed by atoms with Crippen LogP contribution in [0.2, 0.25) is 5.02 Å². The number of rotatable bonds is 6. The van der Waals surface area contributed by atoms with E-state index in [1.54, 1.807) is 0 Å². The van der Waals surface area contributed by atoms with E-state index in [0.717, 1.165) is 78.6 Å². The largest absolute Gasteiger partial charge is 0.356 e. The van der Waals surface area contributed by atoms with Crippen LogP contribution in [-0.4, -0.2) is 35.1 Å². The number of nitrogens with one attached hydrogen (secondary N) is 1. The quantitative estimate of drug-likeness (QED) is 0.726. The van der Waals surface area contributed by atoms with Crippen molar-refractivity contribution in [2.75, 3.05) is 24.5 Å². The fourth-order valence-electron chi connectivity index (χ4n) is 3.86. The molecule has 0 spiro atoms. The summed E-state index contributed by atoms with van der Waals surface area (Å²) in [5.74, 6) is 1.25. The highest BCUT2D eigenvalue weighted by molar-refractivity contribution is 6.32. The molecular formula is C22H27ClN4O. The van der Waals surface area contributed by atoms with E-state index in [1.165, 1.54) is 0 Å². The highest BCUT2D eigenvalue weighted by atomic mass is 35.5. The summed E-state index contributed by atoms with van der Waals surface area (Å²) < 4.78 is 2.18. The molecule has 0 atom stereocenters. The van der Waals surface area contributed by atoms with Gasteiger partial charge in [0, 0.05) is 36.3 Å². The van der Waals surface area contributed by atoms with Gasteiger partial charge in [0.2, 0.25) is 11.9 Å². The Morgan fingerprint density at radius 2 is 2.07 bits per heavy atom. The Balaban J connectivity index is 1.54. The van der Waals surface area contributed by atoms with Gasteiger partial charge in [0.25, 0.3) is 0 Å². The molecule has 148 valence electrons. The summed E-state index contributed by atoms with van der Waals surface area (Å²) in [5, 5.41) is 3.83. The Morgan fingerprint density at radius 1 is 1.32 bits per heavy atom. The van der Waals surface area contributed by atoms with Gasteiger partial charge in [-0.05, 0) is 56.0 Å². The van der Waals surface area contributed by atoms with Crippen molar-refractivity contribution >= 4 is 40.2 Å². The maximum atomic E-state index is 12.4. The average molecular weight is 399 g/mol. The molecule has 1 amide bonds. The molecule has 0 saturated carbocycles. The number of carbonyl (C=O) groups excluding carboxylic acids is 1. The first-order valence-corrected chi connectivity index (χ1v) is 10.6. The number of hydrogen-bond donors (Lipinski definition) is 1. The lowest BCUT2D eigenvalue weighted by molar-refractivity contribution is -0.125. The molecule has 1 aliphatic carbocycles. The average Bonchev–Trinajstić information content (AvgIpc) is 2.99. The van der Waals surface area contributed by atoms with Gasteiger partial charge in [0.15, 0.2) is 0 Å². The third-order valence-corrected chi connectivity index (χ3v) is 6.09. The second-order valence-corrected chi connectivity index (χ2v) is 8.10.